The molecule has 0 radical (unpaired) electrons. The largest absolute Gasteiger partial charge is 0.480 e. The van der Waals surface area contributed by atoms with Gasteiger partial charge in [-0.2, -0.15) is 0 Å². The van der Waals surface area contributed by atoms with Crippen LogP contribution in [0.2, 0.25) is 0 Å². The molecule has 0 unspecified atom stereocenters. The second-order valence-corrected chi connectivity index (χ2v) is 5.53. The van der Waals surface area contributed by atoms with Crippen molar-refractivity contribution in [2.75, 3.05) is 11.9 Å². The van der Waals surface area contributed by atoms with E-state index in [9.17, 15) is 14.7 Å². The lowest BCUT2D eigenvalue weighted by Gasteiger charge is -2.22. The first kappa shape index (κ1) is 15.9. The molecule has 0 saturated carbocycles. The van der Waals surface area contributed by atoms with Gasteiger partial charge in [0.2, 0.25) is 0 Å². The van der Waals surface area contributed by atoms with Crippen LogP contribution in [0.5, 0.6) is 11.5 Å². The molecule has 2 N–H and O–H groups in total. The van der Waals surface area contributed by atoms with Gasteiger partial charge in [0, 0.05) is 6.54 Å². The number of hydrogen-bond donors (Lipinski definition) is 2. The Kier molecular flexibility index (Phi) is 4.65. The number of para-hydroxylation sites is 3. The van der Waals surface area contributed by atoms with Crippen LogP contribution in [-0.4, -0.2) is 34.6 Å². The van der Waals surface area contributed by atoms with Gasteiger partial charge >= 0.3 is 12.0 Å². The summed E-state index contributed by atoms with van der Waals surface area (Å²) in [5.74, 6) is 0.184. The number of hydrogen-bond acceptors (Lipinski definition) is 3. The average molecular weight is 326 g/mol. The summed E-state index contributed by atoms with van der Waals surface area (Å²) in [6.07, 6.45) is 1.16. The molecule has 2 amide bonds. The van der Waals surface area contributed by atoms with Crippen LogP contribution in [0.25, 0.3) is 0 Å². The van der Waals surface area contributed by atoms with Crippen molar-refractivity contribution in [2.24, 2.45) is 0 Å². The first-order chi connectivity index (χ1) is 11.6. The Morgan fingerprint density at radius 1 is 1.08 bits per heavy atom. The number of amides is 2. The van der Waals surface area contributed by atoms with E-state index in [0.717, 1.165) is 0 Å². The predicted molar refractivity (Wildman–Crippen MR) is 89.3 cm³/mol. The summed E-state index contributed by atoms with van der Waals surface area (Å²) in [7, 11) is 0. The van der Waals surface area contributed by atoms with E-state index < -0.39 is 18.0 Å². The maximum absolute atomic E-state index is 12.4. The van der Waals surface area contributed by atoms with E-state index in [1.807, 2.05) is 36.4 Å². The molecular formula is C18H18N2O4. The normalized spacial score (nSPS) is 16.7. The van der Waals surface area contributed by atoms with E-state index >= 15 is 0 Å². The van der Waals surface area contributed by atoms with Gasteiger partial charge in [0.1, 0.15) is 11.8 Å². The SMILES string of the molecule is O=C(O)[C@H]1CCCN1C(=O)Nc1ccccc1Oc1ccccc1. The van der Waals surface area contributed by atoms with Gasteiger partial charge in [0.05, 0.1) is 5.69 Å². The van der Waals surface area contributed by atoms with Crippen LogP contribution < -0.4 is 10.1 Å². The third kappa shape index (κ3) is 3.48. The highest BCUT2D eigenvalue weighted by atomic mass is 16.5. The lowest BCUT2D eigenvalue weighted by atomic mass is 10.2. The zero-order valence-electron chi connectivity index (χ0n) is 13.0. The topological polar surface area (TPSA) is 78.9 Å². The van der Waals surface area contributed by atoms with Gasteiger partial charge in [-0.25, -0.2) is 9.59 Å². The quantitative estimate of drug-likeness (QED) is 0.900. The fourth-order valence-electron chi connectivity index (χ4n) is 2.73. The Morgan fingerprint density at radius 3 is 2.54 bits per heavy atom. The molecule has 0 aliphatic carbocycles. The molecular weight excluding hydrogens is 308 g/mol. The van der Waals surface area contributed by atoms with Crippen molar-refractivity contribution in [3.63, 3.8) is 0 Å². The molecule has 3 rings (SSSR count). The van der Waals surface area contributed by atoms with Crippen LogP contribution in [0.1, 0.15) is 12.8 Å². The lowest BCUT2D eigenvalue weighted by Crippen LogP contribution is -2.42. The summed E-state index contributed by atoms with van der Waals surface area (Å²) >= 11 is 0. The summed E-state index contributed by atoms with van der Waals surface area (Å²) in [5.41, 5.74) is 0.502. The van der Waals surface area contributed by atoms with E-state index in [-0.39, 0.29) is 0 Å². The Labute approximate surface area is 139 Å². The standard InChI is InChI=1S/C18H18N2O4/c21-17(22)15-10-6-12-20(15)18(23)19-14-9-4-5-11-16(14)24-13-7-2-1-3-8-13/h1-5,7-9,11,15H,6,10,12H2,(H,19,23)(H,21,22)/t15-/m1/s1. The number of carboxylic acid groups (broad SMARTS) is 1. The molecule has 0 aromatic heterocycles. The van der Waals surface area contributed by atoms with Crippen molar-refractivity contribution in [1.29, 1.82) is 0 Å². The monoisotopic (exact) mass is 326 g/mol. The number of nitrogens with zero attached hydrogens (tertiary/aromatic N) is 1. The van der Waals surface area contributed by atoms with Gasteiger partial charge in [-0.15, -0.1) is 0 Å². The number of carboxylic acids is 1. The first-order valence-electron chi connectivity index (χ1n) is 7.77. The third-order valence-electron chi connectivity index (χ3n) is 3.90. The molecule has 1 fully saturated rings. The van der Waals surface area contributed by atoms with Gasteiger partial charge in [-0.05, 0) is 37.1 Å². The molecule has 2 aromatic rings. The summed E-state index contributed by atoms with van der Waals surface area (Å²) in [4.78, 5) is 25.0. The molecule has 6 heteroatoms. The number of nitrogens with one attached hydrogen (secondary N) is 1. The van der Waals surface area contributed by atoms with E-state index in [0.29, 0.717) is 36.6 Å². The van der Waals surface area contributed by atoms with Crippen LogP contribution in [0.4, 0.5) is 10.5 Å². The highest BCUT2D eigenvalue weighted by molar-refractivity contribution is 5.94. The van der Waals surface area contributed by atoms with Gasteiger partial charge in [-0.1, -0.05) is 30.3 Å². The Morgan fingerprint density at radius 2 is 1.79 bits per heavy atom. The van der Waals surface area contributed by atoms with E-state index in [2.05, 4.69) is 5.32 Å². The highest BCUT2D eigenvalue weighted by Gasteiger charge is 2.34. The first-order valence-corrected chi connectivity index (χ1v) is 7.77. The van der Waals surface area contributed by atoms with Gasteiger partial charge in [0.25, 0.3) is 0 Å². The number of benzene rings is 2. The minimum Gasteiger partial charge on any atom is -0.480 e. The van der Waals surface area contributed by atoms with Crippen LogP contribution in [0.3, 0.4) is 0 Å². The summed E-state index contributed by atoms with van der Waals surface area (Å²) in [6.45, 7) is 0.435. The zero-order valence-corrected chi connectivity index (χ0v) is 13.0. The fourth-order valence-corrected chi connectivity index (χ4v) is 2.73. The minimum absolute atomic E-state index is 0.427. The number of rotatable bonds is 4. The lowest BCUT2D eigenvalue weighted by molar-refractivity contribution is -0.141. The average Bonchev–Trinajstić information content (AvgIpc) is 3.08. The third-order valence-corrected chi connectivity index (χ3v) is 3.90. The summed E-state index contributed by atoms with van der Waals surface area (Å²) < 4.78 is 5.80. The fraction of sp³-hybridized carbons (Fsp3) is 0.222. The molecule has 1 heterocycles. The molecule has 6 nitrogen and oxygen atoms in total. The number of carbonyl (C=O) groups excluding carboxylic acids is 1. The number of ether oxygens (including phenoxy) is 1. The maximum atomic E-state index is 12.4. The molecule has 2 aromatic carbocycles. The summed E-state index contributed by atoms with van der Waals surface area (Å²) in [6, 6.07) is 15.1. The molecule has 1 aliphatic heterocycles. The van der Waals surface area contributed by atoms with E-state index in [4.69, 9.17) is 4.74 Å². The van der Waals surface area contributed by atoms with Crippen LogP contribution in [0, 0.1) is 0 Å². The second-order valence-electron chi connectivity index (χ2n) is 5.53. The number of aliphatic carboxylic acids is 1. The van der Waals surface area contributed by atoms with Gasteiger partial charge in [0.15, 0.2) is 5.75 Å². The molecule has 1 saturated heterocycles. The number of carbonyl (C=O) groups is 2. The van der Waals surface area contributed by atoms with Crippen molar-refractivity contribution in [3.05, 3.63) is 54.6 Å². The molecule has 1 atom stereocenters. The van der Waals surface area contributed by atoms with Gasteiger partial charge in [-0.3, -0.25) is 0 Å². The van der Waals surface area contributed by atoms with E-state index in [1.165, 1.54) is 4.90 Å². The molecule has 124 valence electrons. The van der Waals surface area contributed by atoms with Crippen LogP contribution >= 0.6 is 0 Å². The number of likely N-dealkylation sites (tertiary alicyclic amines) is 1. The molecule has 24 heavy (non-hydrogen) atoms. The van der Waals surface area contributed by atoms with Crippen molar-refractivity contribution < 1.29 is 19.4 Å². The van der Waals surface area contributed by atoms with Crippen LogP contribution in [-0.2, 0) is 4.79 Å². The second kappa shape index (κ2) is 7.04. The summed E-state index contributed by atoms with van der Waals surface area (Å²) in [5, 5.41) is 12.0. The van der Waals surface area contributed by atoms with Crippen molar-refractivity contribution in [1.82, 2.24) is 4.90 Å². The Bertz CT molecular complexity index is 733. The maximum Gasteiger partial charge on any atom is 0.326 e. The molecule has 0 spiro atoms. The molecule has 1 aliphatic rings. The van der Waals surface area contributed by atoms with Crippen molar-refractivity contribution in [3.8, 4) is 11.5 Å². The van der Waals surface area contributed by atoms with Crippen molar-refractivity contribution in [2.45, 2.75) is 18.9 Å². The van der Waals surface area contributed by atoms with Crippen molar-refractivity contribution >= 4 is 17.7 Å². The van der Waals surface area contributed by atoms with Crippen LogP contribution in [0.15, 0.2) is 54.6 Å². The van der Waals surface area contributed by atoms with E-state index in [1.54, 1.807) is 18.2 Å². The zero-order chi connectivity index (χ0) is 16.9. The van der Waals surface area contributed by atoms with Gasteiger partial charge < -0.3 is 20.1 Å². The smallest absolute Gasteiger partial charge is 0.326 e. The number of urea groups is 1. The minimum atomic E-state index is -0.975. The Balaban J connectivity index is 1.75. The highest BCUT2D eigenvalue weighted by Crippen LogP contribution is 2.30. The Hall–Kier alpha value is -3.02. The predicted octanol–water partition coefficient (Wildman–Crippen LogP) is 3.56. The number of anilines is 1. The molecule has 0 bridgehead atoms.